The highest BCUT2D eigenvalue weighted by Gasteiger charge is 2.20. The van der Waals surface area contributed by atoms with Crippen molar-refractivity contribution in [2.45, 2.75) is 19.5 Å². The monoisotopic (exact) mass is 250 g/mol. The largest absolute Gasteiger partial charge is 0.382 e. The summed E-state index contributed by atoms with van der Waals surface area (Å²) in [6.07, 6.45) is -4.42. The summed E-state index contributed by atoms with van der Waals surface area (Å²) in [5, 5.41) is 9.10. The minimum absolute atomic E-state index is 0.276. The minimum Gasteiger partial charge on any atom is -0.382 e. The van der Waals surface area contributed by atoms with Crippen molar-refractivity contribution in [1.82, 2.24) is 0 Å². The molecule has 0 spiro atoms. The normalized spacial score (nSPS) is 13.4. The molecular weight excluding hydrogens is 242 g/mol. The zero-order valence-corrected chi connectivity index (χ0v) is 8.55. The highest BCUT2D eigenvalue weighted by molar-refractivity contribution is 9.10. The fourth-order valence-corrected chi connectivity index (χ4v) is 1.58. The molecule has 0 heterocycles. The van der Waals surface area contributed by atoms with E-state index in [4.69, 9.17) is 5.11 Å². The molecule has 1 N–H and O–H groups in total. The Balaban J connectivity index is 3.01. The first kappa shape index (κ1) is 10.6. The standard InChI is InChI=1S/C9H9BrF2O/c1-5-4-6(10)2-3-7(5)8(13)9(11)12/h2-4,8-9,13H,1H3. The van der Waals surface area contributed by atoms with Gasteiger partial charge in [0.25, 0.3) is 6.43 Å². The van der Waals surface area contributed by atoms with Gasteiger partial charge in [-0.1, -0.05) is 22.0 Å². The Labute approximate surface area is 83.5 Å². The van der Waals surface area contributed by atoms with E-state index < -0.39 is 12.5 Å². The molecule has 13 heavy (non-hydrogen) atoms. The van der Waals surface area contributed by atoms with E-state index in [2.05, 4.69) is 15.9 Å². The summed E-state index contributed by atoms with van der Waals surface area (Å²) < 4.78 is 25.1. The predicted molar refractivity (Wildman–Crippen MR) is 49.8 cm³/mol. The van der Waals surface area contributed by atoms with E-state index in [0.29, 0.717) is 5.56 Å². The van der Waals surface area contributed by atoms with Crippen LogP contribution in [0.2, 0.25) is 0 Å². The number of alkyl halides is 2. The van der Waals surface area contributed by atoms with Crippen LogP contribution in [0.4, 0.5) is 8.78 Å². The average molecular weight is 251 g/mol. The molecule has 1 aromatic carbocycles. The first-order chi connectivity index (χ1) is 6.02. The van der Waals surface area contributed by atoms with Gasteiger partial charge >= 0.3 is 0 Å². The van der Waals surface area contributed by atoms with Crippen molar-refractivity contribution in [2.75, 3.05) is 0 Å². The van der Waals surface area contributed by atoms with Crippen molar-refractivity contribution in [1.29, 1.82) is 0 Å². The van der Waals surface area contributed by atoms with Crippen LogP contribution in [-0.4, -0.2) is 11.5 Å². The van der Waals surface area contributed by atoms with Crippen LogP contribution in [-0.2, 0) is 0 Å². The zero-order valence-electron chi connectivity index (χ0n) is 6.97. The quantitative estimate of drug-likeness (QED) is 0.856. The van der Waals surface area contributed by atoms with E-state index in [1.807, 2.05) is 0 Å². The summed E-state index contributed by atoms with van der Waals surface area (Å²) in [4.78, 5) is 0. The van der Waals surface area contributed by atoms with Crippen molar-refractivity contribution in [3.8, 4) is 0 Å². The van der Waals surface area contributed by atoms with E-state index in [-0.39, 0.29) is 5.56 Å². The Morgan fingerprint density at radius 3 is 2.46 bits per heavy atom. The van der Waals surface area contributed by atoms with E-state index >= 15 is 0 Å². The lowest BCUT2D eigenvalue weighted by atomic mass is 10.0. The molecule has 0 aliphatic carbocycles. The Kier molecular flexibility index (Phi) is 3.39. The maximum atomic E-state index is 12.1. The van der Waals surface area contributed by atoms with Crippen LogP contribution >= 0.6 is 15.9 Å². The van der Waals surface area contributed by atoms with E-state index in [1.54, 1.807) is 19.1 Å². The number of hydrogen-bond donors (Lipinski definition) is 1. The summed E-state index contributed by atoms with van der Waals surface area (Å²) in [5.41, 5.74) is 0.931. The molecule has 0 saturated heterocycles. The van der Waals surface area contributed by atoms with Crippen LogP contribution in [0.5, 0.6) is 0 Å². The summed E-state index contributed by atoms with van der Waals surface area (Å²) in [5.74, 6) is 0. The molecule has 0 fully saturated rings. The number of hydrogen-bond acceptors (Lipinski definition) is 1. The van der Waals surface area contributed by atoms with Gasteiger partial charge in [-0.3, -0.25) is 0 Å². The van der Waals surface area contributed by atoms with Gasteiger partial charge in [0.1, 0.15) is 6.10 Å². The van der Waals surface area contributed by atoms with Crippen molar-refractivity contribution >= 4 is 15.9 Å². The Hall–Kier alpha value is -0.480. The van der Waals surface area contributed by atoms with Crippen LogP contribution in [0.25, 0.3) is 0 Å². The highest BCUT2D eigenvalue weighted by atomic mass is 79.9. The molecular formula is C9H9BrF2O. The minimum atomic E-state index is -2.74. The van der Waals surface area contributed by atoms with Gasteiger partial charge in [-0.15, -0.1) is 0 Å². The summed E-state index contributed by atoms with van der Waals surface area (Å²) in [6, 6.07) is 4.82. The lowest BCUT2D eigenvalue weighted by molar-refractivity contribution is -0.00613. The fourth-order valence-electron chi connectivity index (χ4n) is 1.11. The van der Waals surface area contributed by atoms with Crippen LogP contribution in [0.1, 0.15) is 17.2 Å². The van der Waals surface area contributed by atoms with Gasteiger partial charge in [-0.25, -0.2) is 8.78 Å². The van der Waals surface area contributed by atoms with Crippen molar-refractivity contribution in [3.63, 3.8) is 0 Å². The maximum Gasteiger partial charge on any atom is 0.268 e. The first-order valence-electron chi connectivity index (χ1n) is 3.74. The molecule has 1 aromatic rings. The lowest BCUT2D eigenvalue weighted by Gasteiger charge is -2.12. The maximum absolute atomic E-state index is 12.1. The number of aliphatic hydroxyl groups excluding tert-OH is 1. The molecule has 0 bridgehead atoms. The predicted octanol–water partition coefficient (Wildman–Crippen LogP) is 3.06. The van der Waals surface area contributed by atoms with E-state index in [9.17, 15) is 8.78 Å². The van der Waals surface area contributed by atoms with Crippen LogP contribution in [0.15, 0.2) is 22.7 Å². The Morgan fingerprint density at radius 1 is 1.38 bits per heavy atom. The molecule has 0 amide bonds. The Bertz CT molecular complexity index is 302. The van der Waals surface area contributed by atoms with Gasteiger partial charge in [-0.05, 0) is 30.2 Å². The molecule has 0 aliphatic rings. The van der Waals surface area contributed by atoms with Crippen LogP contribution in [0, 0.1) is 6.92 Å². The zero-order chi connectivity index (χ0) is 10.0. The number of rotatable bonds is 2. The number of aliphatic hydroxyl groups is 1. The summed E-state index contributed by atoms with van der Waals surface area (Å²) in [6.45, 7) is 1.69. The summed E-state index contributed by atoms with van der Waals surface area (Å²) in [7, 11) is 0. The third-order valence-corrected chi connectivity index (χ3v) is 2.28. The van der Waals surface area contributed by atoms with Gasteiger partial charge in [0.15, 0.2) is 0 Å². The van der Waals surface area contributed by atoms with E-state index in [0.717, 1.165) is 4.47 Å². The second kappa shape index (κ2) is 4.15. The van der Waals surface area contributed by atoms with Gasteiger partial charge in [0.05, 0.1) is 0 Å². The van der Waals surface area contributed by atoms with Crippen LogP contribution < -0.4 is 0 Å². The second-order valence-electron chi connectivity index (χ2n) is 2.78. The summed E-state index contributed by atoms with van der Waals surface area (Å²) >= 11 is 3.21. The third-order valence-electron chi connectivity index (χ3n) is 1.79. The third kappa shape index (κ3) is 2.48. The van der Waals surface area contributed by atoms with Gasteiger partial charge in [0.2, 0.25) is 0 Å². The van der Waals surface area contributed by atoms with E-state index in [1.165, 1.54) is 6.07 Å². The molecule has 72 valence electrons. The molecule has 0 aliphatic heterocycles. The van der Waals surface area contributed by atoms with Gasteiger partial charge in [0, 0.05) is 4.47 Å². The second-order valence-corrected chi connectivity index (χ2v) is 3.70. The van der Waals surface area contributed by atoms with Crippen molar-refractivity contribution in [3.05, 3.63) is 33.8 Å². The fraction of sp³-hybridized carbons (Fsp3) is 0.333. The molecule has 1 rings (SSSR count). The molecule has 1 unspecified atom stereocenters. The lowest BCUT2D eigenvalue weighted by Crippen LogP contribution is -2.09. The van der Waals surface area contributed by atoms with Gasteiger partial charge < -0.3 is 5.11 Å². The number of benzene rings is 1. The van der Waals surface area contributed by atoms with Crippen LogP contribution in [0.3, 0.4) is 0 Å². The average Bonchev–Trinajstić information content (AvgIpc) is 2.03. The SMILES string of the molecule is Cc1cc(Br)ccc1C(O)C(F)F. The molecule has 0 aromatic heterocycles. The molecule has 0 radical (unpaired) electrons. The Morgan fingerprint density at radius 2 is 2.00 bits per heavy atom. The highest BCUT2D eigenvalue weighted by Crippen LogP contribution is 2.25. The molecule has 1 nitrogen and oxygen atoms in total. The molecule has 4 heteroatoms. The van der Waals surface area contributed by atoms with Gasteiger partial charge in [-0.2, -0.15) is 0 Å². The first-order valence-corrected chi connectivity index (χ1v) is 4.54. The smallest absolute Gasteiger partial charge is 0.268 e. The number of aryl methyl sites for hydroxylation is 1. The number of halogens is 3. The van der Waals surface area contributed by atoms with Crippen molar-refractivity contribution in [2.24, 2.45) is 0 Å². The molecule has 1 atom stereocenters. The topological polar surface area (TPSA) is 20.2 Å². The van der Waals surface area contributed by atoms with Crippen molar-refractivity contribution < 1.29 is 13.9 Å². The molecule has 0 saturated carbocycles.